The second-order valence-electron chi connectivity index (χ2n) is 8.06. The lowest BCUT2D eigenvalue weighted by Gasteiger charge is -2.25. The van der Waals surface area contributed by atoms with Crippen molar-refractivity contribution in [2.75, 3.05) is 13.6 Å². The summed E-state index contributed by atoms with van der Waals surface area (Å²) in [5, 5.41) is 6.57. The van der Waals surface area contributed by atoms with Crippen LogP contribution in [0.1, 0.15) is 39.6 Å². The topological polar surface area (TPSA) is 57.9 Å². The van der Waals surface area contributed by atoms with E-state index in [-0.39, 0.29) is 24.4 Å². The first kappa shape index (κ1) is 21.8. The fourth-order valence-corrected chi connectivity index (χ4v) is 4.11. The molecule has 0 N–H and O–H groups in total. The van der Waals surface area contributed by atoms with Crippen LogP contribution in [0.4, 0.5) is 0 Å². The third kappa shape index (κ3) is 4.32. The maximum atomic E-state index is 13.3. The fourth-order valence-electron chi connectivity index (χ4n) is 3.89. The number of carbonyl (C=O) groups excluding carboxylic acids is 2. The van der Waals surface area contributed by atoms with Gasteiger partial charge in [-0.3, -0.25) is 9.59 Å². The molecule has 1 aromatic heterocycles. The van der Waals surface area contributed by atoms with E-state index in [2.05, 4.69) is 5.10 Å². The van der Waals surface area contributed by atoms with Gasteiger partial charge in [0.1, 0.15) is 6.54 Å². The third-order valence-corrected chi connectivity index (χ3v) is 6.02. The minimum absolute atomic E-state index is 0.101. The lowest BCUT2D eigenvalue weighted by atomic mass is 9.99. The van der Waals surface area contributed by atoms with Crippen LogP contribution in [0, 0.1) is 6.92 Å². The zero-order valence-electron chi connectivity index (χ0n) is 18.3. The van der Waals surface area contributed by atoms with Gasteiger partial charge in [0.05, 0.1) is 28.0 Å². The van der Waals surface area contributed by atoms with Crippen LogP contribution in [0.2, 0.25) is 5.02 Å². The Bertz CT molecular complexity index is 1180. The summed E-state index contributed by atoms with van der Waals surface area (Å²) in [4.78, 5) is 27.5. The molecule has 0 aliphatic carbocycles. The van der Waals surface area contributed by atoms with Gasteiger partial charge in [-0.05, 0) is 36.8 Å². The van der Waals surface area contributed by atoms with E-state index >= 15 is 0 Å². The van der Waals surface area contributed by atoms with Gasteiger partial charge in [0.2, 0.25) is 0 Å². The number of hydrazone groups is 1. The van der Waals surface area contributed by atoms with Gasteiger partial charge < -0.3 is 9.47 Å². The highest BCUT2D eigenvalue weighted by Gasteiger charge is 2.34. The minimum Gasteiger partial charge on any atom is -0.350 e. The molecule has 4 rings (SSSR count). The van der Waals surface area contributed by atoms with Crippen molar-refractivity contribution in [1.82, 2.24) is 14.5 Å². The summed E-state index contributed by atoms with van der Waals surface area (Å²) in [6, 6.07) is 18.7. The van der Waals surface area contributed by atoms with E-state index in [9.17, 15) is 9.59 Å². The molecule has 32 heavy (non-hydrogen) atoms. The standard InChI is InChI=1S/C25H25ClN4O2/c1-17-10-12-18(13-11-17)23-15-21(22-9-6-14-28(22)2)27-30(23)24(31)16-29(3)25(32)19-7-4-5-8-20(19)26/h4-14,23H,15-16H2,1-3H3/t23-/m1/s1. The number of benzene rings is 2. The number of aromatic nitrogens is 1. The van der Waals surface area contributed by atoms with Crippen molar-refractivity contribution in [3.63, 3.8) is 0 Å². The molecule has 7 heteroatoms. The molecular weight excluding hydrogens is 424 g/mol. The van der Waals surface area contributed by atoms with Crippen molar-refractivity contribution in [2.45, 2.75) is 19.4 Å². The smallest absolute Gasteiger partial charge is 0.262 e. The number of amides is 2. The number of aryl methyl sites for hydroxylation is 2. The van der Waals surface area contributed by atoms with Crippen LogP contribution in [-0.4, -0.2) is 45.6 Å². The molecule has 1 aliphatic rings. The van der Waals surface area contributed by atoms with Crippen molar-refractivity contribution in [2.24, 2.45) is 12.1 Å². The number of likely N-dealkylation sites (N-methyl/N-ethyl adjacent to an activating group) is 1. The maximum Gasteiger partial charge on any atom is 0.262 e. The zero-order chi connectivity index (χ0) is 22.8. The quantitative estimate of drug-likeness (QED) is 0.579. The molecule has 3 aromatic rings. The number of nitrogens with zero attached hydrogens (tertiary/aromatic N) is 4. The summed E-state index contributed by atoms with van der Waals surface area (Å²) in [6.45, 7) is 1.93. The predicted octanol–water partition coefficient (Wildman–Crippen LogP) is 4.44. The summed E-state index contributed by atoms with van der Waals surface area (Å²) in [5.74, 6) is -0.552. The summed E-state index contributed by atoms with van der Waals surface area (Å²) >= 11 is 6.17. The number of rotatable bonds is 5. The highest BCUT2D eigenvalue weighted by atomic mass is 35.5. The minimum atomic E-state index is -0.304. The van der Waals surface area contributed by atoms with Crippen molar-refractivity contribution < 1.29 is 9.59 Å². The van der Waals surface area contributed by atoms with Gasteiger partial charge in [0, 0.05) is 26.7 Å². The highest BCUT2D eigenvalue weighted by Crippen LogP contribution is 2.33. The number of hydrogen-bond donors (Lipinski definition) is 0. The predicted molar refractivity (Wildman–Crippen MR) is 126 cm³/mol. The molecular formula is C25H25ClN4O2. The second kappa shape index (κ2) is 9.01. The largest absolute Gasteiger partial charge is 0.350 e. The first-order valence-corrected chi connectivity index (χ1v) is 10.8. The van der Waals surface area contributed by atoms with E-state index in [1.54, 1.807) is 31.3 Å². The van der Waals surface area contributed by atoms with Gasteiger partial charge >= 0.3 is 0 Å². The van der Waals surface area contributed by atoms with Crippen LogP contribution >= 0.6 is 11.6 Å². The Hall–Kier alpha value is -3.38. The highest BCUT2D eigenvalue weighted by molar-refractivity contribution is 6.33. The van der Waals surface area contributed by atoms with Gasteiger partial charge in [-0.15, -0.1) is 0 Å². The molecule has 2 heterocycles. The van der Waals surface area contributed by atoms with Gasteiger partial charge in [-0.1, -0.05) is 53.6 Å². The van der Waals surface area contributed by atoms with Crippen LogP contribution in [0.15, 0.2) is 72.0 Å². The molecule has 2 aromatic carbocycles. The molecule has 0 saturated heterocycles. The van der Waals surface area contributed by atoms with Crippen LogP contribution in [0.5, 0.6) is 0 Å². The first-order chi connectivity index (χ1) is 15.3. The SMILES string of the molecule is Cc1ccc([C@H]2CC(c3cccn3C)=NN2C(=O)CN(C)C(=O)c2ccccc2Cl)cc1. The van der Waals surface area contributed by atoms with Gasteiger partial charge in [-0.2, -0.15) is 5.10 Å². The average molecular weight is 449 g/mol. The Kier molecular flexibility index (Phi) is 6.15. The lowest BCUT2D eigenvalue weighted by Crippen LogP contribution is -2.39. The zero-order valence-corrected chi connectivity index (χ0v) is 19.1. The molecule has 6 nitrogen and oxygen atoms in total. The lowest BCUT2D eigenvalue weighted by molar-refractivity contribution is -0.133. The molecule has 0 spiro atoms. The van der Waals surface area contributed by atoms with E-state index in [4.69, 9.17) is 11.6 Å². The summed E-state index contributed by atoms with van der Waals surface area (Å²) in [6.07, 6.45) is 2.56. The van der Waals surface area contributed by atoms with E-state index < -0.39 is 0 Å². The molecule has 0 fully saturated rings. The molecule has 0 saturated carbocycles. The van der Waals surface area contributed by atoms with Crippen molar-refractivity contribution in [3.8, 4) is 0 Å². The Morgan fingerprint density at radius 1 is 1.09 bits per heavy atom. The van der Waals surface area contributed by atoms with Gasteiger partial charge in [0.15, 0.2) is 0 Å². The van der Waals surface area contributed by atoms with Crippen LogP contribution in [-0.2, 0) is 11.8 Å². The first-order valence-electron chi connectivity index (χ1n) is 10.4. The Morgan fingerprint density at radius 3 is 2.47 bits per heavy atom. The molecule has 0 unspecified atom stereocenters. The van der Waals surface area contributed by atoms with Crippen molar-refractivity contribution in [3.05, 3.63) is 94.3 Å². The molecule has 0 radical (unpaired) electrons. The summed E-state index contributed by atoms with van der Waals surface area (Å²) < 4.78 is 1.99. The number of carbonyl (C=O) groups is 2. The number of hydrogen-bond acceptors (Lipinski definition) is 3. The molecule has 1 aliphatic heterocycles. The normalized spacial score (nSPS) is 15.6. The van der Waals surface area contributed by atoms with E-state index in [1.807, 2.05) is 61.1 Å². The van der Waals surface area contributed by atoms with Crippen molar-refractivity contribution >= 4 is 29.1 Å². The Morgan fingerprint density at radius 2 is 1.81 bits per heavy atom. The van der Waals surface area contributed by atoms with Crippen molar-refractivity contribution in [1.29, 1.82) is 0 Å². The second-order valence-corrected chi connectivity index (χ2v) is 8.47. The third-order valence-electron chi connectivity index (χ3n) is 5.69. The molecule has 0 bridgehead atoms. The molecule has 164 valence electrons. The Labute approximate surface area is 192 Å². The Balaban J connectivity index is 1.59. The molecule has 1 atom stereocenters. The van der Waals surface area contributed by atoms with Crippen LogP contribution in [0.25, 0.3) is 0 Å². The molecule has 2 amide bonds. The average Bonchev–Trinajstić information content (AvgIpc) is 3.40. The van der Waals surface area contributed by atoms with Crippen LogP contribution in [0.3, 0.4) is 0 Å². The van der Waals surface area contributed by atoms with E-state index in [1.165, 1.54) is 9.91 Å². The monoisotopic (exact) mass is 448 g/mol. The van der Waals surface area contributed by atoms with Gasteiger partial charge in [-0.25, -0.2) is 5.01 Å². The summed E-state index contributed by atoms with van der Waals surface area (Å²) in [7, 11) is 3.56. The summed E-state index contributed by atoms with van der Waals surface area (Å²) in [5.41, 5.74) is 4.35. The maximum absolute atomic E-state index is 13.3. The van der Waals surface area contributed by atoms with E-state index in [0.29, 0.717) is 17.0 Å². The van der Waals surface area contributed by atoms with E-state index in [0.717, 1.165) is 22.5 Å². The fraction of sp³-hybridized carbons (Fsp3) is 0.240. The number of halogens is 1. The van der Waals surface area contributed by atoms with Crippen LogP contribution < -0.4 is 0 Å². The van der Waals surface area contributed by atoms with Gasteiger partial charge in [0.25, 0.3) is 11.8 Å².